The third-order valence-corrected chi connectivity index (χ3v) is 3.97. The molecule has 92 valence electrons. The van der Waals surface area contributed by atoms with Gasteiger partial charge in [-0.1, -0.05) is 5.92 Å². The number of hydrogen-bond acceptors (Lipinski definition) is 3. The highest BCUT2D eigenvalue weighted by Gasteiger charge is 2.52. The predicted octanol–water partition coefficient (Wildman–Crippen LogP) is 0.475. The van der Waals surface area contributed by atoms with Crippen LogP contribution in [-0.2, 0) is 0 Å². The van der Waals surface area contributed by atoms with Crippen LogP contribution in [0, 0.1) is 17.8 Å². The summed E-state index contributed by atoms with van der Waals surface area (Å²) in [6.07, 6.45) is 6.85. The molecule has 2 amide bonds. The molecular weight excluding hydrogens is 216 g/mol. The molecule has 5 nitrogen and oxygen atoms in total. The number of nitrogens with one attached hydrogen (secondary N) is 2. The Labute approximate surface area is 102 Å². The number of urea groups is 1. The Balaban J connectivity index is 2.30. The summed E-state index contributed by atoms with van der Waals surface area (Å²) in [6.45, 7) is 3.26. The molecule has 0 radical (unpaired) electrons. The van der Waals surface area contributed by atoms with E-state index in [-0.39, 0.29) is 12.6 Å². The summed E-state index contributed by atoms with van der Waals surface area (Å²) in [5.41, 5.74) is -0.505. The lowest BCUT2D eigenvalue weighted by Gasteiger charge is -2.45. The van der Waals surface area contributed by atoms with Gasteiger partial charge in [0.15, 0.2) is 0 Å². The number of amides is 2. The molecular formula is C12H18N4O. The van der Waals surface area contributed by atoms with Crippen LogP contribution in [0.2, 0.25) is 0 Å². The Morgan fingerprint density at radius 1 is 1.71 bits per heavy atom. The van der Waals surface area contributed by atoms with Crippen molar-refractivity contribution in [1.82, 2.24) is 15.1 Å². The highest BCUT2D eigenvalue weighted by atomic mass is 16.2. The van der Waals surface area contributed by atoms with Crippen molar-refractivity contribution in [1.29, 1.82) is 5.41 Å². The molecule has 2 atom stereocenters. The van der Waals surface area contributed by atoms with E-state index in [0.29, 0.717) is 11.9 Å². The number of carbonyl (C=O) groups is 1. The fourth-order valence-electron chi connectivity index (χ4n) is 2.74. The summed E-state index contributed by atoms with van der Waals surface area (Å²) >= 11 is 0. The van der Waals surface area contributed by atoms with E-state index in [0.717, 1.165) is 19.4 Å². The minimum absolute atomic E-state index is 0.232. The highest BCUT2D eigenvalue weighted by Crippen LogP contribution is 2.35. The lowest BCUT2D eigenvalue weighted by molar-refractivity contribution is 0.0898. The molecule has 0 bridgehead atoms. The van der Waals surface area contributed by atoms with E-state index in [1.165, 1.54) is 0 Å². The van der Waals surface area contributed by atoms with E-state index in [1.807, 2.05) is 0 Å². The summed E-state index contributed by atoms with van der Waals surface area (Å²) in [6, 6.07) is 0.113. The summed E-state index contributed by atoms with van der Waals surface area (Å²) < 4.78 is 0. The zero-order valence-corrected chi connectivity index (χ0v) is 10.3. The number of hydrogen-bond donors (Lipinski definition) is 2. The van der Waals surface area contributed by atoms with Crippen molar-refractivity contribution in [2.75, 3.05) is 20.1 Å². The van der Waals surface area contributed by atoms with Gasteiger partial charge in [0.2, 0.25) is 0 Å². The summed E-state index contributed by atoms with van der Waals surface area (Å²) in [5, 5.41) is 10.6. The van der Waals surface area contributed by atoms with Gasteiger partial charge in [0.1, 0.15) is 11.4 Å². The van der Waals surface area contributed by atoms with Crippen LogP contribution in [0.25, 0.3) is 0 Å². The van der Waals surface area contributed by atoms with E-state index in [2.05, 4.69) is 30.1 Å². The maximum absolute atomic E-state index is 11.8. The smallest absolute Gasteiger partial charge is 0.303 e. The Morgan fingerprint density at radius 2 is 2.41 bits per heavy atom. The molecule has 2 N–H and O–H groups in total. The van der Waals surface area contributed by atoms with Gasteiger partial charge >= 0.3 is 6.03 Å². The van der Waals surface area contributed by atoms with E-state index in [9.17, 15) is 4.79 Å². The molecule has 0 aromatic carbocycles. The van der Waals surface area contributed by atoms with Crippen LogP contribution in [0.1, 0.15) is 19.8 Å². The average molecular weight is 234 g/mol. The SMILES string of the molecule is C#CCN1C(=O)NC(=N)C12CCN(C)C(C)C2. The zero-order chi connectivity index (χ0) is 12.6. The molecule has 2 fully saturated rings. The van der Waals surface area contributed by atoms with E-state index >= 15 is 0 Å². The van der Waals surface area contributed by atoms with E-state index in [1.54, 1.807) is 4.90 Å². The summed E-state index contributed by atoms with van der Waals surface area (Å²) in [5.74, 6) is 2.82. The Morgan fingerprint density at radius 3 is 3.00 bits per heavy atom. The minimum atomic E-state index is -0.505. The van der Waals surface area contributed by atoms with Crippen molar-refractivity contribution < 1.29 is 4.79 Å². The topological polar surface area (TPSA) is 59.4 Å². The van der Waals surface area contributed by atoms with Crippen molar-refractivity contribution >= 4 is 11.9 Å². The molecule has 17 heavy (non-hydrogen) atoms. The van der Waals surface area contributed by atoms with Crippen LogP contribution in [-0.4, -0.2) is 53.4 Å². The largest absolute Gasteiger partial charge is 0.324 e. The minimum Gasteiger partial charge on any atom is -0.303 e. The predicted molar refractivity (Wildman–Crippen MR) is 65.9 cm³/mol. The van der Waals surface area contributed by atoms with E-state index < -0.39 is 5.54 Å². The van der Waals surface area contributed by atoms with Crippen molar-refractivity contribution in [3.63, 3.8) is 0 Å². The molecule has 2 saturated heterocycles. The van der Waals surface area contributed by atoms with Crippen LogP contribution < -0.4 is 5.32 Å². The second-order valence-corrected chi connectivity index (χ2v) is 4.91. The molecule has 1 spiro atoms. The third kappa shape index (κ3) is 1.69. The normalized spacial score (nSPS) is 33.9. The van der Waals surface area contributed by atoms with Gasteiger partial charge in [0, 0.05) is 12.6 Å². The lowest BCUT2D eigenvalue weighted by Crippen LogP contribution is -2.58. The summed E-state index contributed by atoms with van der Waals surface area (Å²) in [4.78, 5) is 15.7. The lowest BCUT2D eigenvalue weighted by atomic mass is 9.82. The second kappa shape index (κ2) is 4.04. The molecule has 5 heteroatoms. The molecule has 2 aliphatic rings. The third-order valence-electron chi connectivity index (χ3n) is 3.97. The quantitative estimate of drug-likeness (QED) is 0.648. The summed E-state index contributed by atoms with van der Waals surface area (Å²) in [7, 11) is 2.07. The molecule has 0 aromatic rings. The molecule has 2 heterocycles. The van der Waals surface area contributed by atoms with Gasteiger partial charge in [-0.3, -0.25) is 10.7 Å². The first-order valence-electron chi connectivity index (χ1n) is 5.82. The Bertz CT molecular complexity index is 400. The monoisotopic (exact) mass is 234 g/mol. The van der Waals surface area contributed by atoms with Gasteiger partial charge in [-0.2, -0.15) is 0 Å². The van der Waals surface area contributed by atoms with Crippen LogP contribution in [0.3, 0.4) is 0 Å². The van der Waals surface area contributed by atoms with Gasteiger partial charge in [0.25, 0.3) is 0 Å². The van der Waals surface area contributed by atoms with Gasteiger partial charge in [-0.15, -0.1) is 6.42 Å². The average Bonchev–Trinajstić information content (AvgIpc) is 2.49. The molecule has 2 rings (SSSR count). The zero-order valence-electron chi connectivity index (χ0n) is 10.3. The first-order chi connectivity index (χ1) is 8.01. The Hall–Kier alpha value is -1.54. The fourth-order valence-corrected chi connectivity index (χ4v) is 2.74. The number of amidine groups is 1. The molecule has 0 aromatic heterocycles. The Kier molecular flexibility index (Phi) is 2.84. The standard InChI is InChI=1S/C12H18N4O/c1-4-6-16-11(17)14-10(13)12(16)5-7-15(3)9(2)8-12/h1,9H,5-8H2,2-3H3,(H2,13,14,17). The number of carbonyl (C=O) groups excluding carboxylic acids is 1. The fraction of sp³-hybridized carbons (Fsp3) is 0.667. The molecule has 2 unspecified atom stereocenters. The first-order valence-corrected chi connectivity index (χ1v) is 5.82. The highest BCUT2D eigenvalue weighted by molar-refractivity contribution is 6.08. The van der Waals surface area contributed by atoms with Crippen molar-refractivity contribution in [3.8, 4) is 12.3 Å². The van der Waals surface area contributed by atoms with Gasteiger partial charge < -0.3 is 9.80 Å². The number of nitrogens with zero attached hydrogens (tertiary/aromatic N) is 2. The van der Waals surface area contributed by atoms with Crippen molar-refractivity contribution in [3.05, 3.63) is 0 Å². The maximum Gasteiger partial charge on any atom is 0.324 e. The number of piperidine rings is 1. The van der Waals surface area contributed by atoms with Crippen molar-refractivity contribution in [2.24, 2.45) is 0 Å². The van der Waals surface area contributed by atoms with Crippen LogP contribution in [0.4, 0.5) is 4.79 Å². The van der Waals surface area contributed by atoms with Crippen LogP contribution >= 0.6 is 0 Å². The van der Waals surface area contributed by atoms with Gasteiger partial charge in [0.05, 0.1) is 6.54 Å². The number of rotatable bonds is 1. The van der Waals surface area contributed by atoms with Crippen LogP contribution in [0.15, 0.2) is 0 Å². The van der Waals surface area contributed by atoms with Gasteiger partial charge in [-0.05, 0) is 26.8 Å². The number of likely N-dealkylation sites (tertiary alicyclic amines) is 1. The number of terminal acetylenes is 1. The first kappa shape index (κ1) is 11.9. The molecule has 2 aliphatic heterocycles. The van der Waals surface area contributed by atoms with Crippen molar-refractivity contribution in [2.45, 2.75) is 31.3 Å². The molecule has 0 aliphatic carbocycles. The van der Waals surface area contributed by atoms with E-state index in [4.69, 9.17) is 11.8 Å². The van der Waals surface area contributed by atoms with Crippen LogP contribution in [0.5, 0.6) is 0 Å². The molecule has 0 saturated carbocycles. The second-order valence-electron chi connectivity index (χ2n) is 4.91. The van der Waals surface area contributed by atoms with Gasteiger partial charge in [-0.25, -0.2) is 4.79 Å². The maximum atomic E-state index is 11.8.